The van der Waals surface area contributed by atoms with E-state index >= 15 is 0 Å². The second-order valence-electron chi connectivity index (χ2n) is 3.70. The molecule has 0 saturated carbocycles. The zero-order valence-corrected chi connectivity index (χ0v) is 8.27. The van der Waals surface area contributed by atoms with Gasteiger partial charge in [-0.05, 0) is 12.8 Å². The molecule has 1 saturated heterocycles. The predicted molar refractivity (Wildman–Crippen MR) is 51.1 cm³/mol. The summed E-state index contributed by atoms with van der Waals surface area (Å²) in [5.41, 5.74) is 0.558. The zero-order valence-electron chi connectivity index (χ0n) is 8.27. The fourth-order valence-corrected chi connectivity index (χ4v) is 1.70. The van der Waals surface area contributed by atoms with Crippen molar-refractivity contribution in [3.05, 3.63) is 18.2 Å². The van der Waals surface area contributed by atoms with E-state index in [1.807, 2.05) is 7.05 Å². The average Bonchev–Trinajstić information content (AvgIpc) is 2.65. The molecule has 1 aliphatic rings. The zero-order chi connectivity index (χ0) is 9.97. The molecule has 0 aliphatic carbocycles. The molecule has 0 radical (unpaired) electrons. The van der Waals surface area contributed by atoms with Crippen molar-refractivity contribution in [2.24, 2.45) is 13.0 Å². The molecule has 1 unspecified atom stereocenters. The van der Waals surface area contributed by atoms with Gasteiger partial charge in [0.25, 0.3) is 0 Å². The number of ketones is 1. The van der Waals surface area contributed by atoms with Gasteiger partial charge in [-0.1, -0.05) is 0 Å². The molecule has 0 spiro atoms. The topological polar surface area (TPSA) is 44.1 Å². The maximum Gasteiger partial charge on any atom is 0.188 e. The maximum absolute atomic E-state index is 11.9. The molecule has 4 nitrogen and oxygen atoms in total. The van der Waals surface area contributed by atoms with Crippen LogP contribution in [0.3, 0.4) is 0 Å². The number of hydrogen-bond acceptors (Lipinski definition) is 3. The molecule has 2 rings (SSSR count). The lowest BCUT2D eigenvalue weighted by molar-refractivity contribution is 0.0458. The number of ether oxygens (including phenoxy) is 1. The van der Waals surface area contributed by atoms with E-state index in [-0.39, 0.29) is 11.7 Å². The highest BCUT2D eigenvalue weighted by Gasteiger charge is 2.24. The summed E-state index contributed by atoms with van der Waals surface area (Å²) in [7, 11) is 1.86. The third-order valence-corrected chi connectivity index (χ3v) is 2.49. The fourth-order valence-electron chi connectivity index (χ4n) is 1.70. The minimum atomic E-state index is 0.0126. The largest absolute Gasteiger partial charge is 0.381 e. The molecule has 76 valence electrons. The molecule has 1 fully saturated rings. The number of imidazole rings is 1. The monoisotopic (exact) mass is 194 g/mol. The Kier molecular flexibility index (Phi) is 2.63. The first kappa shape index (κ1) is 9.40. The van der Waals surface area contributed by atoms with E-state index in [1.165, 1.54) is 0 Å². The summed E-state index contributed by atoms with van der Waals surface area (Å²) in [6.45, 7) is 1.33. The van der Waals surface area contributed by atoms with Crippen molar-refractivity contribution in [1.82, 2.24) is 9.55 Å². The van der Waals surface area contributed by atoms with Gasteiger partial charge in [0.2, 0.25) is 0 Å². The van der Waals surface area contributed by atoms with Crippen LogP contribution in [0.4, 0.5) is 0 Å². The lowest BCUT2D eigenvalue weighted by Crippen LogP contribution is -2.25. The number of Topliss-reactive ketones (excluding diaryl/α,β-unsaturated/α-hetero) is 1. The van der Waals surface area contributed by atoms with Gasteiger partial charge < -0.3 is 9.30 Å². The van der Waals surface area contributed by atoms with E-state index in [2.05, 4.69) is 4.98 Å². The first-order valence-corrected chi connectivity index (χ1v) is 4.87. The molecule has 1 aromatic rings. The Morgan fingerprint density at radius 1 is 1.71 bits per heavy atom. The minimum Gasteiger partial charge on any atom is -0.381 e. The Morgan fingerprint density at radius 3 is 3.14 bits per heavy atom. The summed E-state index contributed by atoms with van der Waals surface area (Å²) in [4.78, 5) is 15.9. The maximum atomic E-state index is 11.9. The average molecular weight is 194 g/mol. The van der Waals surface area contributed by atoms with Crippen LogP contribution >= 0.6 is 0 Å². The number of aromatic nitrogens is 2. The van der Waals surface area contributed by atoms with Crippen LogP contribution in [0.25, 0.3) is 0 Å². The highest BCUT2D eigenvalue weighted by atomic mass is 16.5. The molecular weight excluding hydrogens is 180 g/mol. The minimum absolute atomic E-state index is 0.0126. The quantitative estimate of drug-likeness (QED) is 0.660. The number of carbonyl (C=O) groups is 1. The van der Waals surface area contributed by atoms with E-state index < -0.39 is 0 Å². The van der Waals surface area contributed by atoms with Gasteiger partial charge in [-0.2, -0.15) is 0 Å². The summed E-state index contributed by atoms with van der Waals surface area (Å²) in [6.07, 6.45) is 5.31. The van der Waals surface area contributed by atoms with Crippen LogP contribution < -0.4 is 0 Å². The van der Waals surface area contributed by atoms with E-state index in [1.54, 1.807) is 17.1 Å². The molecule has 0 amide bonds. The number of nitrogens with zero attached hydrogens (tertiary/aromatic N) is 2. The van der Waals surface area contributed by atoms with Crippen molar-refractivity contribution >= 4 is 5.78 Å². The van der Waals surface area contributed by atoms with Crippen LogP contribution in [-0.4, -0.2) is 28.5 Å². The van der Waals surface area contributed by atoms with Crippen LogP contribution in [0.1, 0.15) is 23.3 Å². The van der Waals surface area contributed by atoms with Crippen molar-refractivity contribution in [3.63, 3.8) is 0 Å². The molecule has 0 N–H and O–H groups in total. The normalized spacial score (nSPS) is 22.2. The van der Waals surface area contributed by atoms with E-state index in [0.29, 0.717) is 12.3 Å². The summed E-state index contributed by atoms with van der Waals surface area (Å²) in [5.74, 6) is 0.129. The Hall–Kier alpha value is -1.16. The van der Waals surface area contributed by atoms with Gasteiger partial charge in [-0.25, -0.2) is 4.98 Å². The van der Waals surface area contributed by atoms with Gasteiger partial charge in [-0.15, -0.1) is 0 Å². The van der Waals surface area contributed by atoms with E-state index in [4.69, 9.17) is 4.74 Å². The molecule has 1 aliphatic heterocycles. The predicted octanol–water partition coefficient (Wildman–Crippen LogP) is 1.03. The molecule has 2 heterocycles. The lowest BCUT2D eigenvalue weighted by Gasteiger charge is -2.19. The number of carbonyl (C=O) groups excluding carboxylic acids is 1. The number of rotatable bonds is 2. The molecule has 0 bridgehead atoms. The smallest absolute Gasteiger partial charge is 0.188 e. The second-order valence-corrected chi connectivity index (χ2v) is 3.70. The van der Waals surface area contributed by atoms with Crippen LogP contribution in [0.15, 0.2) is 12.5 Å². The van der Waals surface area contributed by atoms with Gasteiger partial charge in [-0.3, -0.25) is 4.79 Å². The SMILES string of the molecule is Cn1cnc(C(=O)C2CCCOC2)c1. The summed E-state index contributed by atoms with van der Waals surface area (Å²) >= 11 is 0. The highest BCUT2D eigenvalue weighted by Crippen LogP contribution is 2.17. The molecule has 1 atom stereocenters. The Labute approximate surface area is 82.9 Å². The molecule has 4 heteroatoms. The van der Waals surface area contributed by atoms with Crippen LogP contribution in [-0.2, 0) is 11.8 Å². The second kappa shape index (κ2) is 3.92. The first-order chi connectivity index (χ1) is 6.77. The van der Waals surface area contributed by atoms with Crippen molar-refractivity contribution in [2.75, 3.05) is 13.2 Å². The number of hydrogen-bond donors (Lipinski definition) is 0. The van der Waals surface area contributed by atoms with Gasteiger partial charge in [0, 0.05) is 25.8 Å². The van der Waals surface area contributed by atoms with Gasteiger partial charge in [0.15, 0.2) is 5.78 Å². The van der Waals surface area contributed by atoms with Gasteiger partial charge in [0.1, 0.15) is 5.69 Å². The molecule has 1 aromatic heterocycles. The summed E-state index contributed by atoms with van der Waals surface area (Å²) < 4.78 is 7.06. The fraction of sp³-hybridized carbons (Fsp3) is 0.600. The molecular formula is C10H14N2O2. The van der Waals surface area contributed by atoms with Crippen LogP contribution in [0.5, 0.6) is 0 Å². The van der Waals surface area contributed by atoms with Gasteiger partial charge >= 0.3 is 0 Å². The van der Waals surface area contributed by atoms with Crippen molar-refractivity contribution in [1.29, 1.82) is 0 Å². The van der Waals surface area contributed by atoms with E-state index in [9.17, 15) is 4.79 Å². The van der Waals surface area contributed by atoms with Crippen molar-refractivity contribution in [3.8, 4) is 0 Å². The Morgan fingerprint density at radius 2 is 2.57 bits per heavy atom. The van der Waals surface area contributed by atoms with Crippen molar-refractivity contribution in [2.45, 2.75) is 12.8 Å². The molecule has 14 heavy (non-hydrogen) atoms. The van der Waals surface area contributed by atoms with E-state index in [0.717, 1.165) is 19.4 Å². The van der Waals surface area contributed by atoms with Gasteiger partial charge in [0.05, 0.1) is 12.9 Å². The Balaban J connectivity index is 2.07. The third-order valence-electron chi connectivity index (χ3n) is 2.49. The first-order valence-electron chi connectivity index (χ1n) is 4.87. The molecule has 0 aromatic carbocycles. The lowest BCUT2D eigenvalue weighted by atomic mass is 9.96. The van der Waals surface area contributed by atoms with Crippen LogP contribution in [0.2, 0.25) is 0 Å². The van der Waals surface area contributed by atoms with Crippen LogP contribution in [0, 0.1) is 5.92 Å². The summed E-state index contributed by atoms with van der Waals surface area (Å²) in [5, 5.41) is 0. The number of aryl methyl sites for hydroxylation is 1. The third kappa shape index (κ3) is 1.85. The standard InChI is InChI=1S/C10H14N2O2/c1-12-5-9(11-7-12)10(13)8-3-2-4-14-6-8/h5,7-8H,2-4,6H2,1H3. The Bertz CT molecular complexity index is 327. The summed E-state index contributed by atoms with van der Waals surface area (Å²) in [6, 6.07) is 0. The highest BCUT2D eigenvalue weighted by molar-refractivity contribution is 5.96. The van der Waals surface area contributed by atoms with Crippen molar-refractivity contribution < 1.29 is 9.53 Å².